The zero-order valence-electron chi connectivity index (χ0n) is 17.9. The van der Waals surface area contributed by atoms with Crippen LogP contribution in [0.1, 0.15) is 91.9 Å². The number of carbonyl (C=O) groups is 2. The molecule has 0 radical (unpaired) electrons. The Bertz CT molecular complexity index is 516. The van der Waals surface area contributed by atoms with Crippen molar-refractivity contribution in [2.24, 2.45) is 10.9 Å². The lowest BCUT2D eigenvalue weighted by Gasteiger charge is -2.40. The van der Waals surface area contributed by atoms with E-state index in [0.717, 1.165) is 70.3 Å². The van der Waals surface area contributed by atoms with Crippen LogP contribution in [0.2, 0.25) is 0 Å². The number of piperidine rings is 1. The minimum atomic E-state index is -0.178. The quantitative estimate of drug-likeness (QED) is 0.375. The summed E-state index contributed by atoms with van der Waals surface area (Å²) in [6, 6.07) is 0.120. The maximum absolute atomic E-state index is 12.8. The van der Waals surface area contributed by atoms with Gasteiger partial charge in [-0.3, -0.25) is 14.6 Å². The molecule has 0 unspecified atom stereocenters. The Hall–Kier alpha value is -1.39. The van der Waals surface area contributed by atoms with Gasteiger partial charge in [0, 0.05) is 31.5 Å². The van der Waals surface area contributed by atoms with E-state index in [1.165, 1.54) is 19.3 Å². The van der Waals surface area contributed by atoms with Crippen molar-refractivity contribution in [1.29, 1.82) is 0 Å². The molecule has 0 aromatic carbocycles. The summed E-state index contributed by atoms with van der Waals surface area (Å²) in [7, 11) is 0. The van der Waals surface area contributed by atoms with Crippen LogP contribution in [-0.4, -0.2) is 52.6 Å². The van der Waals surface area contributed by atoms with Crippen LogP contribution < -0.4 is 0 Å². The van der Waals surface area contributed by atoms with E-state index in [1.807, 2.05) is 13.8 Å². The van der Waals surface area contributed by atoms with E-state index < -0.39 is 0 Å². The van der Waals surface area contributed by atoms with Crippen LogP contribution in [-0.2, 0) is 9.59 Å². The van der Waals surface area contributed by atoms with Gasteiger partial charge in [0.2, 0.25) is 12.3 Å². The molecule has 0 aromatic heterocycles. The molecule has 2 aliphatic rings. The first-order valence-electron chi connectivity index (χ1n) is 11.0. The van der Waals surface area contributed by atoms with Crippen molar-refractivity contribution in [3.8, 4) is 0 Å². The second-order valence-electron chi connectivity index (χ2n) is 8.90. The first-order valence-corrected chi connectivity index (χ1v) is 11.0. The Morgan fingerprint density at radius 3 is 2.37 bits per heavy atom. The Labute approximate surface area is 165 Å². The molecular formula is C22H39N3O2. The van der Waals surface area contributed by atoms with Gasteiger partial charge in [-0.1, -0.05) is 32.6 Å². The third-order valence-corrected chi connectivity index (χ3v) is 6.23. The van der Waals surface area contributed by atoms with Gasteiger partial charge in [0.15, 0.2) is 0 Å². The average Bonchev–Trinajstić information content (AvgIpc) is 2.67. The molecule has 1 aliphatic carbocycles. The molecule has 1 aliphatic heterocycles. The molecule has 1 saturated heterocycles. The van der Waals surface area contributed by atoms with Crippen LogP contribution in [0.4, 0.5) is 0 Å². The maximum atomic E-state index is 12.8. The van der Waals surface area contributed by atoms with Gasteiger partial charge in [0.25, 0.3) is 0 Å². The van der Waals surface area contributed by atoms with E-state index in [1.54, 1.807) is 4.90 Å². The fraction of sp³-hybridized carbons (Fsp3) is 0.864. The van der Waals surface area contributed by atoms with Crippen molar-refractivity contribution in [3.63, 3.8) is 0 Å². The molecule has 27 heavy (non-hydrogen) atoms. The summed E-state index contributed by atoms with van der Waals surface area (Å²) < 4.78 is 0. The number of rotatable bonds is 7. The maximum Gasteiger partial charge on any atom is 0.225 e. The molecule has 0 N–H and O–H groups in total. The van der Waals surface area contributed by atoms with Crippen molar-refractivity contribution >= 4 is 18.2 Å². The van der Waals surface area contributed by atoms with E-state index in [4.69, 9.17) is 4.99 Å². The van der Waals surface area contributed by atoms with E-state index in [-0.39, 0.29) is 17.5 Å². The normalized spacial score (nSPS) is 21.4. The van der Waals surface area contributed by atoms with Gasteiger partial charge >= 0.3 is 0 Å². The van der Waals surface area contributed by atoms with Crippen molar-refractivity contribution in [1.82, 2.24) is 9.80 Å². The van der Waals surface area contributed by atoms with Crippen LogP contribution >= 0.6 is 0 Å². The number of amidine groups is 1. The van der Waals surface area contributed by atoms with Crippen LogP contribution in [0.25, 0.3) is 0 Å². The van der Waals surface area contributed by atoms with Gasteiger partial charge in [-0.15, -0.1) is 0 Å². The number of amides is 2. The lowest BCUT2D eigenvalue weighted by Crippen LogP contribution is -2.48. The largest absolute Gasteiger partial charge is 0.342 e. The number of likely N-dealkylation sites (tertiary alicyclic amines) is 1. The smallest absolute Gasteiger partial charge is 0.225 e. The Morgan fingerprint density at radius 2 is 1.85 bits per heavy atom. The van der Waals surface area contributed by atoms with Crippen molar-refractivity contribution in [2.45, 2.75) is 103 Å². The summed E-state index contributed by atoms with van der Waals surface area (Å²) in [6.45, 7) is 9.99. The average molecular weight is 378 g/mol. The Balaban J connectivity index is 2.03. The van der Waals surface area contributed by atoms with Gasteiger partial charge in [-0.25, -0.2) is 0 Å². The van der Waals surface area contributed by atoms with Gasteiger partial charge in [-0.2, -0.15) is 0 Å². The van der Waals surface area contributed by atoms with E-state index in [2.05, 4.69) is 18.7 Å². The molecule has 0 aromatic rings. The third kappa shape index (κ3) is 6.05. The van der Waals surface area contributed by atoms with Gasteiger partial charge in [-0.05, 0) is 52.9 Å². The first kappa shape index (κ1) is 21.9. The lowest BCUT2D eigenvalue weighted by atomic mass is 9.86. The molecular weight excluding hydrogens is 338 g/mol. The number of unbranched alkanes of at least 4 members (excludes halogenated alkanes) is 1. The third-order valence-electron chi connectivity index (χ3n) is 6.23. The fourth-order valence-corrected chi connectivity index (χ4v) is 4.30. The van der Waals surface area contributed by atoms with Gasteiger partial charge in [0.1, 0.15) is 5.84 Å². The number of hydrogen-bond acceptors (Lipinski definition) is 3. The minimum absolute atomic E-state index is 0.120. The zero-order chi connectivity index (χ0) is 19.9. The second kappa shape index (κ2) is 10.2. The molecule has 2 rings (SSSR count). The topological polar surface area (TPSA) is 53.0 Å². The van der Waals surface area contributed by atoms with E-state index in [9.17, 15) is 9.59 Å². The van der Waals surface area contributed by atoms with Gasteiger partial charge in [0.05, 0.1) is 5.54 Å². The van der Waals surface area contributed by atoms with Crippen LogP contribution in [0.5, 0.6) is 0 Å². The predicted molar refractivity (Wildman–Crippen MR) is 111 cm³/mol. The Morgan fingerprint density at radius 1 is 1.22 bits per heavy atom. The summed E-state index contributed by atoms with van der Waals surface area (Å²) in [5, 5.41) is 0. The summed E-state index contributed by atoms with van der Waals surface area (Å²) in [6.07, 6.45) is 11.5. The highest BCUT2D eigenvalue weighted by molar-refractivity contribution is 5.91. The zero-order valence-corrected chi connectivity index (χ0v) is 17.9. The molecule has 154 valence electrons. The molecule has 2 fully saturated rings. The first-order chi connectivity index (χ1) is 12.9. The second-order valence-corrected chi connectivity index (χ2v) is 8.90. The highest BCUT2D eigenvalue weighted by Crippen LogP contribution is 2.31. The molecule has 1 heterocycles. The molecule has 1 saturated carbocycles. The summed E-state index contributed by atoms with van der Waals surface area (Å²) in [5.41, 5.74) is -0.178. The van der Waals surface area contributed by atoms with E-state index in [0.29, 0.717) is 5.91 Å². The molecule has 5 nitrogen and oxygen atoms in total. The van der Waals surface area contributed by atoms with Crippen LogP contribution in [0.15, 0.2) is 4.99 Å². The summed E-state index contributed by atoms with van der Waals surface area (Å²) in [4.78, 5) is 33.3. The monoisotopic (exact) mass is 377 g/mol. The number of aliphatic imine (C=N–C) groups is 1. The Kier molecular flexibility index (Phi) is 8.30. The van der Waals surface area contributed by atoms with Crippen molar-refractivity contribution < 1.29 is 9.59 Å². The van der Waals surface area contributed by atoms with Gasteiger partial charge < -0.3 is 9.80 Å². The number of carbonyl (C=O) groups excluding carboxylic acids is 2. The van der Waals surface area contributed by atoms with Crippen molar-refractivity contribution in [2.75, 3.05) is 13.1 Å². The summed E-state index contributed by atoms with van der Waals surface area (Å²) >= 11 is 0. The van der Waals surface area contributed by atoms with Crippen molar-refractivity contribution in [3.05, 3.63) is 0 Å². The molecule has 0 bridgehead atoms. The highest BCUT2D eigenvalue weighted by atomic mass is 16.2. The van der Waals surface area contributed by atoms with E-state index >= 15 is 0 Å². The lowest BCUT2D eigenvalue weighted by molar-refractivity contribution is -0.138. The SMILES string of the molecule is CCCCC(=NC1(C)CCN(C(=O)C2CCCCC2)CC1)N(C=O)C(C)C. The predicted octanol–water partition coefficient (Wildman–Crippen LogP) is 4.40. The molecule has 5 heteroatoms. The van der Waals surface area contributed by atoms with Crippen LogP contribution in [0, 0.1) is 5.92 Å². The standard InChI is InChI=1S/C22H39N3O2/c1-5-6-12-20(25(17-26)18(2)3)23-22(4)13-15-24(16-14-22)21(27)19-10-8-7-9-11-19/h17-19H,5-16H2,1-4H3. The highest BCUT2D eigenvalue weighted by Gasteiger charge is 2.35. The minimum Gasteiger partial charge on any atom is -0.342 e. The fourth-order valence-electron chi connectivity index (χ4n) is 4.30. The summed E-state index contributed by atoms with van der Waals surface area (Å²) in [5.74, 6) is 1.53. The number of nitrogens with zero attached hydrogens (tertiary/aromatic N) is 3. The molecule has 0 spiro atoms. The molecule has 2 amide bonds. The number of hydrogen-bond donors (Lipinski definition) is 0. The van der Waals surface area contributed by atoms with Crippen LogP contribution in [0.3, 0.4) is 0 Å². The molecule has 0 atom stereocenters.